The first-order chi connectivity index (χ1) is 11.6. The molecule has 6 nitrogen and oxygen atoms in total. The lowest BCUT2D eigenvalue weighted by atomic mass is 9.86. The molecule has 0 radical (unpaired) electrons. The number of nitrogens with zero attached hydrogens (tertiary/aromatic N) is 1. The summed E-state index contributed by atoms with van der Waals surface area (Å²) in [5.74, 6) is -0.177. The maximum absolute atomic E-state index is 12.3. The second-order valence-corrected chi connectivity index (χ2v) is 8.74. The van der Waals surface area contributed by atoms with Crippen LogP contribution < -0.4 is 9.62 Å². The predicted molar refractivity (Wildman–Crippen MR) is 98.4 cm³/mol. The van der Waals surface area contributed by atoms with Gasteiger partial charge in [-0.25, -0.2) is 8.42 Å². The lowest BCUT2D eigenvalue weighted by Crippen LogP contribution is -2.39. The molecule has 0 saturated heterocycles. The topological polar surface area (TPSA) is 79.6 Å². The van der Waals surface area contributed by atoms with Crippen LogP contribution in [0.1, 0.15) is 36.9 Å². The number of hydrogen-bond acceptors (Lipinski definition) is 4. The maximum atomic E-state index is 12.3. The molecule has 1 N–H and O–H groups in total. The van der Waals surface area contributed by atoms with E-state index in [1.54, 1.807) is 18.2 Å². The summed E-state index contributed by atoms with van der Waals surface area (Å²) in [7, 11) is -3.49. The zero-order valence-corrected chi connectivity index (χ0v) is 15.8. The summed E-state index contributed by atoms with van der Waals surface area (Å²) in [6.07, 6.45) is 2.58. The Bertz CT molecular complexity index is 821. The molecule has 1 heterocycles. The molecule has 0 aliphatic rings. The summed E-state index contributed by atoms with van der Waals surface area (Å²) >= 11 is 0. The number of amides is 1. The van der Waals surface area contributed by atoms with Gasteiger partial charge in [0.25, 0.3) is 5.91 Å². The Labute approximate surface area is 148 Å². The van der Waals surface area contributed by atoms with Crippen LogP contribution in [0.15, 0.2) is 47.1 Å². The van der Waals surface area contributed by atoms with E-state index in [0.717, 1.165) is 5.56 Å². The van der Waals surface area contributed by atoms with Gasteiger partial charge in [0.15, 0.2) is 5.76 Å². The Kier molecular flexibility index (Phi) is 5.57. The lowest BCUT2D eigenvalue weighted by molar-refractivity contribution is 0.0927. The van der Waals surface area contributed by atoms with Crippen LogP contribution in [0.2, 0.25) is 0 Å². The van der Waals surface area contributed by atoms with Crippen molar-refractivity contribution in [1.29, 1.82) is 0 Å². The van der Waals surface area contributed by atoms with E-state index in [2.05, 4.69) is 5.32 Å². The average molecular weight is 364 g/mol. The number of hydrogen-bond donors (Lipinski definition) is 1. The Morgan fingerprint density at radius 3 is 2.40 bits per heavy atom. The number of anilines is 1. The van der Waals surface area contributed by atoms with E-state index in [1.165, 1.54) is 16.8 Å². The van der Waals surface area contributed by atoms with E-state index >= 15 is 0 Å². The minimum Gasteiger partial charge on any atom is -0.459 e. The highest BCUT2D eigenvalue weighted by Gasteiger charge is 2.25. The van der Waals surface area contributed by atoms with Gasteiger partial charge in [0, 0.05) is 6.54 Å². The molecule has 2 aromatic rings. The molecule has 0 atom stereocenters. The summed E-state index contributed by atoms with van der Waals surface area (Å²) in [5.41, 5.74) is 1.35. The molecule has 1 aromatic heterocycles. The average Bonchev–Trinajstić information content (AvgIpc) is 3.03. The van der Waals surface area contributed by atoms with E-state index in [0.29, 0.717) is 5.69 Å². The van der Waals surface area contributed by atoms with Crippen molar-refractivity contribution in [3.8, 4) is 0 Å². The molecule has 0 aliphatic heterocycles. The van der Waals surface area contributed by atoms with Crippen LogP contribution in [0.4, 0.5) is 5.69 Å². The quantitative estimate of drug-likeness (QED) is 0.855. The monoisotopic (exact) mass is 364 g/mol. The van der Waals surface area contributed by atoms with E-state index < -0.39 is 10.0 Å². The van der Waals surface area contributed by atoms with Crippen LogP contribution in [0.5, 0.6) is 0 Å². The number of carbonyl (C=O) groups excluding carboxylic acids is 1. The van der Waals surface area contributed by atoms with Crippen LogP contribution in [0.3, 0.4) is 0 Å². The standard InChI is InChI=1S/C18H24N2O4S/c1-18(2,3)14-8-5-6-9-15(14)20(25(4,22)23)12-11-19-17(21)16-10-7-13-24-16/h5-10,13H,11-12H2,1-4H3,(H,19,21). The third kappa shape index (κ3) is 4.85. The molecule has 1 amide bonds. The SMILES string of the molecule is CC(C)(C)c1ccccc1N(CCNC(=O)c1ccco1)S(C)(=O)=O. The molecule has 0 saturated carbocycles. The van der Waals surface area contributed by atoms with Crippen molar-refractivity contribution in [2.75, 3.05) is 23.7 Å². The highest BCUT2D eigenvalue weighted by Crippen LogP contribution is 2.32. The molecule has 0 spiro atoms. The van der Waals surface area contributed by atoms with Crippen molar-refractivity contribution >= 4 is 21.6 Å². The van der Waals surface area contributed by atoms with Gasteiger partial charge >= 0.3 is 0 Å². The zero-order valence-electron chi connectivity index (χ0n) is 14.9. The first-order valence-corrected chi connectivity index (χ1v) is 9.84. The van der Waals surface area contributed by atoms with Crippen molar-refractivity contribution in [1.82, 2.24) is 5.32 Å². The summed E-state index contributed by atoms with van der Waals surface area (Å²) in [6, 6.07) is 10.6. The van der Waals surface area contributed by atoms with Crippen molar-refractivity contribution in [3.05, 3.63) is 54.0 Å². The summed E-state index contributed by atoms with van der Waals surface area (Å²) in [6.45, 7) is 6.41. The molecular weight excluding hydrogens is 340 g/mol. The van der Waals surface area contributed by atoms with E-state index in [1.807, 2.05) is 39.0 Å². The molecule has 136 valence electrons. The van der Waals surface area contributed by atoms with Crippen LogP contribution in [-0.4, -0.2) is 33.7 Å². The molecule has 2 rings (SSSR count). The number of nitrogens with one attached hydrogen (secondary N) is 1. The molecule has 0 bridgehead atoms. The van der Waals surface area contributed by atoms with Gasteiger partial charge in [-0.3, -0.25) is 9.10 Å². The normalized spacial score (nSPS) is 12.0. The highest BCUT2D eigenvalue weighted by molar-refractivity contribution is 7.92. The second kappa shape index (κ2) is 7.31. The fourth-order valence-electron chi connectivity index (χ4n) is 2.56. The summed E-state index contributed by atoms with van der Waals surface area (Å²) < 4.78 is 31.0. The summed E-state index contributed by atoms with van der Waals surface area (Å²) in [5, 5.41) is 2.68. The molecule has 0 fully saturated rings. The Morgan fingerprint density at radius 2 is 1.84 bits per heavy atom. The minimum absolute atomic E-state index is 0.137. The van der Waals surface area contributed by atoms with Gasteiger partial charge in [-0.15, -0.1) is 0 Å². The van der Waals surface area contributed by atoms with Crippen molar-refractivity contribution in [2.45, 2.75) is 26.2 Å². The number of furan rings is 1. The van der Waals surface area contributed by atoms with Gasteiger partial charge in [-0.2, -0.15) is 0 Å². The van der Waals surface area contributed by atoms with Gasteiger partial charge in [0.05, 0.1) is 24.8 Å². The smallest absolute Gasteiger partial charge is 0.287 e. The van der Waals surface area contributed by atoms with Crippen molar-refractivity contribution < 1.29 is 17.6 Å². The first kappa shape index (κ1) is 19.1. The van der Waals surface area contributed by atoms with Gasteiger partial charge in [-0.1, -0.05) is 39.0 Å². The number of para-hydroxylation sites is 1. The fourth-order valence-corrected chi connectivity index (χ4v) is 3.50. The minimum atomic E-state index is -3.49. The molecule has 0 aliphatic carbocycles. The highest BCUT2D eigenvalue weighted by atomic mass is 32.2. The van der Waals surface area contributed by atoms with E-state index in [4.69, 9.17) is 4.42 Å². The molecule has 0 unspecified atom stereocenters. The summed E-state index contributed by atoms with van der Waals surface area (Å²) in [4.78, 5) is 11.9. The van der Waals surface area contributed by atoms with Crippen molar-refractivity contribution in [2.24, 2.45) is 0 Å². The molecule has 1 aromatic carbocycles. The largest absolute Gasteiger partial charge is 0.459 e. The van der Waals surface area contributed by atoms with Crippen molar-refractivity contribution in [3.63, 3.8) is 0 Å². The maximum Gasteiger partial charge on any atom is 0.287 e. The third-order valence-electron chi connectivity index (χ3n) is 3.73. The number of rotatable bonds is 6. The molecule has 25 heavy (non-hydrogen) atoms. The fraction of sp³-hybridized carbons (Fsp3) is 0.389. The van der Waals surface area contributed by atoms with Gasteiger partial charge in [-0.05, 0) is 29.2 Å². The number of carbonyl (C=O) groups is 1. The zero-order chi connectivity index (χ0) is 18.7. The number of sulfonamides is 1. The lowest BCUT2D eigenvalue weighted by Gasteiger charge is -2.30. The van der Waals surface area contributed by atoms with Crippen LogP contribution in [-0.2, 0) is 15.4 Å². The Balaban J connectivity index is 2.20. The number of benzene rings is 1. The van der Waals surface area contributed by atoms with Gasteiger partial charge < -0.3 is 9.73 Å². The van der Waals surface area contributed by atoms with E-state index in [-0.39, 0.29) is 30.2 Å². The predicted octanol–water partition coefficient (Wildman–Crippen LogP) is 2.77. The van der Waals surface area contributed by atoms with Gasteiger partial charge in [0.2, 0.25) is 10.0 Å². The second-order valence-electron chi connectivity index (χ2n) is 6.84. The van der Waals surface area contributed by atoms with Crippen LogP contribution in [0, 0.1) is 0 Å². The third-order valence-corrected chi connectivity index (χ3v) is 4.91. The molecular formula is C18H24N2O4S. The Hall–Kier alpha value is -2.28. The van der Waals surface area contributed by atoms with E-state index in [9.17, 15) is 13.2 Å². The Morgan fingerprint density at radius 1 is 1.16 bits per heavy atom. The first-order valence-electron chi connectivity index (χ1n) is 7.99. The van der Waals surface area contributed by atoms with Crippen LogP contribution >= 0.6 is 0 Å². The van der Waals surface area contributed by atoms with Crippen LogP contribution in [0.25, 0.3) is 0 Å². The van der Waals surface area contributed by atoms with Gasteiger partial charge in [0.1, 0.15) is 0 Å². The molecule has 7 heteroatoms.